The molecule has 2 bridgehead atoms. The molecule has 0 saturated carbocycles. The van der Waals surface area contributed by atoms with Crippen molar-refractivity contribution in [2.24, 2.45) is 11.8 Å². The summed E-state index contributed by atoms with van der Waals surface area (Å²) in [5, 5.41) is 13.6. The first kappa shape index (κ1) is 35.5. The highest BCUT2D eigenvalue weighted by atomic mass is 79.9. The van der Waals surface area contributed by atoms with E-state index in [1.165, 1.54) is 4.90 Å². The molecule has 48 heavy (non-hydrogen) atoms. The number of hydrogen-bond donors (Lipinski definition) is 2. The van der Waals surface area contributed by atoms with Crippen LogP contribution in [0.2, 0.25) is 0 Å². The third kappa shape index (κ3) is 6.47. The minimum absolute atomic E-state index is 0.0989. The average molecular weight is 723 g/mol. The minimum Gasteiger partial charge on any atom is -0.460 e. The highest BCUT2D eigenvalue weighted by Crippen LogP contribution is 2.61. The number of carbonyl (C=O) groups excluding carboxylic acids is 4. The number of amides is 3. The quantitative estimate of drug-likeness (QED) is 0.169. The largest absolute Gasteiger partial charge is 0.460 e. The van der Waals surface area contributed by atoms with E-state index in [-0.39, 0.29) is 36.2 Å². The summed E-state index contributed by atoms with van der Waals surface area (Å²) in [5.74, 6) is -3.72. The molecule has 0 aliphatic carbocycles. The van der Waals surface area contributed by atoms with Gasteiger partial charge >= 0.3 is 5.97 Å². The van der Waals surface area contributed by atoms with Gasteiger partial charge in [-0.1, -0.05) is 70.5 Å². The van der Waals surface area contributed by atoms with Crippen molar-refractivity contribution in [3.05, 3.63) is 90.5 Å². The number of rotatable bonds is 14. The van der Waals surface area contributed by atoms with Crippen LogP contribution in [0, 0.1) is 25.7 Å². The van der Waals surface area contributed by atoms with Gasteiger partial charge in [0.05, 0.1) is 37.1 Å². The highest BCUT2D eigenvalue weighted by Gasteiger charge is 2.77. The van der Waals surface area contributed by atoms with Gasteiger partial charge in [-0.25, -0.2) is 0 Å². The number of aliphatic hydroxyl groups excluding tert-OH is 1. The van der Waals surface area contributed by atoms with Gasteiger partial charge in [0, 0.05) is 23.5 Å². The molecule has 10 nitrogen and oxygen atoms in total. The van der Waals surface area contributed by atoms with Gasteiger partial charge in [-0.05, 0) is 56.4 Å². The van der Waals surface area contributed by atoms with Crippen LogP contribution in [0.25, 0.3) is 0 Å². The molecule has 5 rings (SSSR count). The van der Waals surface area contributed by atoms with E-state index in [2.05, 4.69) is 34.4 Å². The molecule has 2 N–H and O–H groups in total. The number of halogens is 1. The Bertz CT molecular complexity index is 1570. The number of fused-ring (bicyclic) bond motifs is 1. The predicted molar refractivity (Wildman–Crippen MR) is 185 cm³/mol. The Hall–Kier alpha value is -3.80. The number of aliphatic hydroxyl groups is 1. The molecule has 0 aromatic heterocycles. The summed E-state index contributed by atoms with van der Waals surface area (Å²) >= 11 is 3.71. The number of nitrogens with one attached hydrogen (secondary N) is 1. The lowest BCUT2D eigenvalue weighted by Crippen LogP contribution is -2.57. The molecule has 1 spiro atoms. The van der Waals surface area contributed by atoms with Crippen LogP contribution in [0.3, 0.4) is 0 Å². The van der Waals surface area contributed by atoms with Crippen molar-refractivity contribution >= 4 is 45.3 Å². The molecular weight excluding hydrogens is 678 g/mol. The Morgan fingerprint density at radius 3 is 2.58 bits per heavy atom. The molecule has 256 valence electrons. The van der Waals surface area contributed by atoms with Crippen LogP contribution in [-0.4, -0.2) is 82.1 Å². The van der Waals surface area contributed by atoms with E-state index in [0.717, 1.165) is 11.1 Å². The fourth-order valence-electron chi connectivity index (χ4n) is 7.47. The smallest absolute Gasteiger partial charge is 0.312 e. The molecule has 0 radical (unpaired) electrons. The molecule has 3 saturated heterocycles. The Morgan fingerprint density at radius 1 is 1.19 bits per heavy atom. The van der Waals surface area contributed by atoms with Crippen molar-refractivity contribution in [2.45, 2.75) is 74.8 Å². The number of likely N-dealkylation sites (tertiary alicyclic amines) is 1. The number of alkyl halides is 1. The Balaban J connectivity index is 1.55. The number of nitrogens with zero attached hydrogens (tertiary/aromatic N) is 2. The van der Waals surface area contributed by atoms with E-state index in [1.807, 2.05) is 50.2 Å². The van der Waals surface area contributed by atoms with E-state index in [1.54, 1.807) is 36.1 Å². The SMILES string of the molecule is C=CCCC(=O)NC[C@@H](C)OC(=O)[C@H]1[C@@H]2O[C@@]3(CC2Br)[C@@H]1C(=O)N([C@H](CO)c1ccccc1)[C@@H]3C(=O)N(CC=C)c1cc(C)ccc1C. The summed E-state index contributed by atoms with van der Waals surface area (Å²) in [6, 6.07) is 12.8. The van der Waals surface area contributed by atoms with Gasteiger partial charge in [-0.15, -0.1) is 13.2 Å². The van der Waals surface area contributed by atoms with Gasteiger partial charge in [-0.3, -0.25) is 19.2 Å². The lowest BCUT2D eigenvalue weighted by atomic mass is 9.70. The van der Waals surface area contributed by atoms with E-state index in [0.29, 0.717) is 24.1 Å². The van der Waals surface area contributed by atoms with Gasteiger partial charge in [0.2, 0.25) is 11.8 Å². The number of allylic oxidation sites excluding steroid dienone is 1. The van der Waals surface area contributed by atoms with Gasteiger partial charge < -0.3 is 29.7 Å². The molecule has 3 aliphatic rings. The number of carbonyl (C=O) groups is 4. The topological polar surface area (TPSA) is 125 Å². The zero-order chi connectivity index (χ0) is 34.7. The van der Waals surface area contributed by atoms with E-state index in [4.69, 9.17) is 9.47 Å². The van der Waals surface area contributed by atoms with Crippen LogP contribution in [-0.2, 0) is 28.7 Å². The van der Waals surface area contributed by atoms with Gasteiger partial charge in [-0.2, -0.15) is 0 Å². The van der Waals surface area contributed by atoms with Crippen molar-refractivity contribution in [2.75, 3.05) is 24.6 Å². The number of esters is 1. The molecule has 3 aliphatic heterocycles. The molecule has 1 unspecified atom stereocenters. The number of ether oxygens (including phenoxy) is 2. The van der Waals surface area contributed by atoms with E-state index < -0.39 is 60.2 Å². The van der Waals surface area contributed by atoms with Crippen LogP contribution in [0.15, 0.2) is 73.8 Å². The molecule has 3 fully saturated rings. The molecule has 3 heterocycles. The average Bonchev–Trinajstić information content (AvgIpc) is 3.67. The van der Waals surface area contributed by atoms with Crippen LogP contribution in [0.4, 0.5) is 5.69 Å². The summed E-state index contributed by atoms with van der Waals surface area (Å²) < 4.78 is 12.5. The molecule has 3 amide bonds. The van der Waals surface area contributed by atoms with Crippen LogP contribution in [0.1, 0.15) is 48.9 Å². The summed E-state index contributed by atoms with van der Waals surface area (Å²) in [6.07, 6.45) is 2.98. The summed E-state index contributed by atoms with van der Waals surface area (Å²) in [4.78, 5) is 58.6. The van der Waals surface area contributed by atoms with Gasteiger partial charge in [0.1, 0.15) is 17.7 Å². The number of aryl methyl sites for hydroxylation is 2. The minimum atomic E-state index is -1.38. The first-order chi connectivity index (χ1) is 23.0. The van der Waals surface area contributed by atoms with Crippen LogP contribution in [0.5, 0.6) is 0 Å². The molecule has 11 heteroatoms. The zero-order valence-electron chi connectivity index (χ0n) is 27.6. The second-order valence-electron chi connectivity index (χ2n) is 12.9. The second-order valence-corrected chi connectivity index (χ2v) is 14.1. The van der Waals surface area contributed by atoms with E-state index in [9.17, 15) is 19.5 Å². The fraction of sp³-hybridized carbons (Fsp3) is 0.459. The zero-order valence-corrected chi connectivity index (χ0v) is 29.2. The van der Waals surface area contributed by atoms with Crippen LogP contribution < -0.4 is 10.2 Å². The molecule has 2 aromatic carbocycles. The summed E-state index contributed by atoms with van der Waals surface area (Å²) in [6.45, 7) is 12.9. The second kappa shape index (κ2) is 14.8. The number of benzene rings is 2. The van der Waals surface area contributed by atoms with Gasteiger partial charge in [0.25, 0.3) is 5.91 Å². The van der Waals surface area contributed by atoms with Crippen molar-refractivity contribution in [1.82, 2.24) is 10.2 Å². The monoisotopic (exact) mass is 721 g/mol. The Morgan fingerprint density at radius 2 is 1.92 bits per heavy atom. The lowest BCUT2D eigenvalue weighted by Gasteiger charge is -2.39. The first-order valence-electron chi connectivity index (χ1n) is 16.4. The lowest BCUT2D eigenvalue weighted by molar-refractivity contribution is -0.159. The van der Waals surface area contributed by atoms with Crippen molar-refractivity contribution in [3.8, 4) is 0 Å². The van der Waals surface area contributed by atoms with Gasteiger partial charge in [0.15, 0.2) is 0 Å². The van der Waals surface area contributed by atoms with E-state index >= 15 is 4.79 Å². The number of anilines is 1. The van der Waals surface area contributed by atoms with Crippen molar-refractivity contribution < 1.29 is 33.8 Å². The van der Waals surface area contributed by atoms with Crippen molar-refractivity contribution in [1.29, 1.82) is 0 Å². The maximum absolute atomic E-state index is 15.1. The molecule has 8 atom stereocenters. The molecular formula is C37H44BrN3O7. The third-order valence-electron chi connectivity index (χ3n) is 9.64. The third-order valence-corrected chi connectivity index (χ3v) is 10.5. The summed E-state index contributed by atoms with van der Waals surface area (Å²) in [7, 11) is 0. The highest BCUT2D eigenvalue weighted by molar-refractivity contribution is 9.09. The standard InChI is InChI=1S/C37H44BrN3O7/c1-6-8-14-29(43)39-20-24(5)47-36(46)30-31-34(44)41(28(21-42)25-12-10-9-11-13-25)33(37(31)19-26(38)32(30)48-37)35(45)40(17-7-2)27-18-22(3)15-16-23(27)4/h6-7,9-13,15-16,18,24,26,28,30-33,42H,1-2,8,14,17,19-21H2,3-5H3,(H,39,43)/t24-,26?,28-,30-,31+,32-,33-,37+/m1/s1. The summed E-state index contributed by atoms with van der Waals surface area (Å²) in [5.41, 5.74) is 1.77. The van der Waals surface area contributed by atoms with Crippen LogP contribution >= 0.6 is 15.9 Å². The predicted octanol–water partition coefficient (Wildman–Crippen LogP) is 4.32. The van der Waals surface area contributed by atoms with Crippen molar-refractivity contribution in [3.63, 3.8) is 0 Å². The first-order valence-corrected chi connectivity index (χ1v) is 17.3. The Kier molecular flexibility index (Phi) is 10.9. The number of hydrogen-bond acceptors (Lipinski definition) is 7. The fourth-order valence-corrected chi connectivity index (χ4v) is 8.42. The molecule has 2 aromatic rings. The maximum atomic E-state index is 15.1. The Labute approximate surface area is 290 Å². The maximum Gasteiger partial charge on any atom is 0.312 e. The normalized spacial score (nSPS) is 26.8.